The Balaban J connectivity index is 2.15. The number of benzene rings is 1. The lowest BCUT2D eigenvalue weighted by Gasteiger charge is -2.22. The Morgan fingerprint density at radius 2 is 1.65 bits per heavy atom. The van der Waals surface area contributed by atoms with Crippen molar-refractivity contribution in [2.24, 2.45) is 0 Å². The minimum Gasteiger partial charge on any atom is -0.393 e. The molecule has 0 saturated carbocycles. The number of rotatable bonds is 4. The minimum absolute atomic E-state index is 0.0928. The Morgan fingerprint density at radius 1 is 1.00 bits per heavy atom. The summed E-state index contributed by atoms with van der Waals surface area (Å²) in [4.78, 5) is 8.30. The summed E-state index contributed by atoms with van der Waals surface area (Å²) in [6, 6.07) is 9.74. The van der Waals surface area contributed by atoms with Crippen LogP contribution in [0.1, 0.15) is 20.8 Å². The first kappa shape index (κ1) is 14.1. The molecule has 0 amide bonds. The number of nitrogen functional groups attached to an aromatic ring is 1. The van der Waals surface area contributed by atoms with Crippen molar-refractivity contribution in [1.29, 1.82) is 0 Å². The quantitative estimate of drug-likeness (QED) is 0.640. The molecule has 0 bridgehead atoms. The van der Waals surface area contributed by atoms with E-state index in [1.165, 1.54) is 6.33 Å². The summed E-state index contributed by atoms with van der Waals surface area (Å²) in [5.41, 5.74) is 13.5. The Bertz CT molecular complexity index is 562. The first-order valence-electron chi connectivity index (χ1n) is 6.41. The average molecular weight is 272 g/mol. The van der Waals surface area contributed by atoms with Crippen LogP contribution in [-0.2, 0) is 0 Å². The molecule has 20 heavy (non-hydrogen) atoms. The van der Waals surface area contributed by atoms with Crippen molar-refractivity contribution in [2.75, 3.05) is 16.5 Å². The van der Waals surface area contributed by atoms with Crippen molar-refractivity contribution in [3.8, 4) is 0 Å². The number of nitrogens with zero attached hydrogens (tertiary/aromatic N) is 2. The third kappa shape index (κ3) is 3.83. The van der Waals surface area contributed by atoms with Crippen LogP contribution in [0.4, 0.5) is 23.0 Å². The third-order valence-electron chi connectivity index (χ3n) is 2.48. The molecule has 0 radical (unpaired) electrons. The zero-order valence-corrected chi connectivity index (χ0v) is 11.9. The van der Waals surface area contributed by atoms with Crippen LogP contribution < -0.4 is 21.9 Å². The monoisotopic (exact) mass is 272 g/mol. The summed E-state index contributed by atoms with van der Waals surface area (Å²) in [5.74, 6) is 1.12. The zero-order valence-electron chi connectivity index (χ0n) is 11.9. The normalized spacial score (nSPS) is 11.2. The van der Waals surface area contributed by atoms with Crippen LogP contribution in [0.5, 0.6) is 0 Å². The highest BCUT2D eigenvalue weighted by molar-refractivity contribution is 5.77. The van der Waals surface area contributed by atoms with Gasteiger partial charge >= 0.3 is 0 Å². The molecule has 0 aliphatic heterocycles. The third-order valence-corrected chi connectivity index (χ3v) is 2.48. The van der Waals surface area contributed by atoms with Gasteiger partial charge in [0.2, 0.25) is 0 Å². The first-order chi connectivity index (χ1) is 9.46. The largest absolute Gasteiger partial charge is 0.393 e. The molecule has 0 fully saturated rings. The molecule has 0 atom stereocenters. The fraction of sp³-hybridized carbons (Fsp3) is 0.286. The summed E-state index contributed by atoms with van der Waals surface area (Å²) in [6.45, 7) is 6.13. The van der Waals surface area contributed by atoms with E-state index in [1.807, 2.05) is 51.1 Å². The second-order valence-electron chi connectivity index (χ2n) is 5.48. The minimum atomic E-state index is -0.0928. The second-order valence-corrected chi connectivity index (χ2v) is 5.48. The molecular weight excluding hydrogens is 252 g/mol. The SMILES string of the molecule is CC(C)(C)NNc1ncnc(Nc2ccccc2)c1N. The van der Waals surface area contributed by atoms with E-state index in [-0.39, 0.29) is 5.54 Å². The predicted octanol–water partition coefficient (Wildman–Crippen LogP) is 2.52. The lowest BCUT2D eigenvalue weighted by Crippen LogP contribution is -2.40. The van der Waals surface area contributed by atoms with Crippen LogP contribution in [-0.4, -0.2) is 15.5 Å². The van der Waals surface area contributed by atoms with Crippen molar-refractivity contribution >= 4 is 23.0 Å². The zero-order chi connectivity index (χ0) is 14.6. The first-order valence-corrected chi connectivity index (χ1v) is 6.41. The number of nitrogens with two attached hydrogens (primary N) is 1. The predicted molar refractivity (Wildman–Crippen MR) is 82.7 cm³/mol. The van der Waals surface area contributed by atoms with Gasteiger partial charge in [-0.3, -0.25) is 0 Å². The van der Waals surface area contributed by atoms with E-state index < -0.39 is 0 Å². The molecular formula is C14H20N6. The maximum absolute atomic E-state index is 6.07. The second kappa shape index (κ2) is 5.75. The van der Waals surface area contributed by atoms with Crippen LogP contribution in [0, 0.1) is 0 Å². The van der Waals surface area contributed by atoms with Gasteiger partial charge in [-0.25, -0.2) is 15.4 Å². The van der Waals surface area contributed by atoms with Gasteiger partial charge in [0, 0.05) is 11.2 Å². The number of nitrogens with one attached hydrogen (secondary N) is 3. The molecule has 2 rings (SSSR count). The number of hydrogen-bond acceptors (Lipinski definition) is 6. The molecule has 1 aromatic heterocycles. The van der Waals surface area contributed by atoms with Gasteiger partial charge in [-0.05, 0) is 32.9 Å². The number of hydrazine groups is 1. The highest BCUT2D eigenvalue weighted by Crippen LogP contribution is 2.25. The van der Waals surface area contributed by atoms with Crippen LogP contribution in [0.3, 0.4) is 0 Å². The molecule has 0 aliphatic carbocycles. The smallest absolute Gasteiger partial charge is 0.169 e. The van der Waals surface area contributed by atoms with E-state index in [0.29, 0.717) is 17.3 Å². The number of anilines is 4. The maximum Gasteiger partial charge on any atom is 0.169 e. The molecule has 0 aliphatic rings. The number of para-hydroxylation sites is 1. The van der Waals surface area contributed by atoms with E-state index in [2.05, 4.69) is 26.1 Å². The molecule has 0 unspecified atom stereocenters. The molecule has 6 nitrogen and oxygen atoms in total. The van der Waals surface area contributed by atoms with Gasteiger partial charge in [-0.2, -0.15) is 0 Å². The van der Waals surface area contributed by atoms with E-state index >= 15 is 0 Å². The van der Waals surface area contributed by atoms with Crippen molar-refractivity contribution < 1.29 is 0 Å². The molecule has 1 heterocycles. The van der Waals surface area contributed by atoms with Gasteiger partial charge in [-0.1, -0.05) is 18.2 Å². The standard InChI is InChI=1S/C14H20N6/c1-14(2,3)20-19-13-11(15)12(16-9-17-13)18-10-7-5-4-6-8-10/h4-9,20H,15H2,1-3H3,(H2,16,17,18,19). The van der Waals surface area contributed by atoms with Crippen LogP contribution >= 0.6 is 0 Å². The van der Waals surface area contributed by atoms with E-state index in [1.54, 1.807) is 0 Å². The van der Waals surface area contributed by atoms with Crippen molar-refractivity contribution in [3.63, 3.8) is 0 Å². The summed E-state index contributed by atoms with van der Waals surface area (Å²) in [6.07, 6.45) is 1.47. The van der Waals surface area contributed by atoms with Gasteiger partial charge in [0.1, 0.15) is 12.0 Å². The van der Waals surface area contributed by atoms with Gasteiger partial charge in [0.25, 0.3) is 0 Å². The highest BCUT2D eigenvalue weighted by Gasteiger charge is 2.12. The number of hydrogen-bond donors (Lipinski definition) is 4. The lowest BCUT2D eigenvalue weighted by molar-refractivity contribution is 0.464. The van der Waals surface area contributed by atoms with E-state index in [4.69, 9.17) is 5.73 Å². The highest BCUT2D eigenvalue weighted by atomic mass is 15.4. The Labute approximate surface area is 118 Å². The van der Waals surface area contributed by atoms with Gasteiger partial charge < -0.3 is 16.5 Å². The van der Waals surface area contributed by atoms with Gasteiger partial charge in [0.15, 0.2) is 11.6 Å². The summed E-state index contributed by atoms with van der Waals surface area (Å²) in [5, 5.41) is 3.17. The summed E-state index contributed by atoms with van der Waals surface area (Å²) < 4.78 is 0. The fourth-order valence-electron chi connectivity index (χ4n) is 1.50. The topological polar surface area (TPSA) is 87.9 Å². The Hall–Kier alpha value is -2.34. The van der Waals surface area contributed by atoms with Crippen LogP contribution in [0.15, 0.2) is 36.7 Å². The lowest BCUT2D eigenvalue weighted by atomic mass is 10.1. The van der Waals surface area contributed by atoms with E-state index in [0.717, 1.165) is 5.69 Å². The molecule has 1 aromatic carbocycles. The molecule has 0 saturated heterocycles. The number of aromatic nitrogens is 2. The van der Waals surface area contributed by atoms with Crippen molar-refractivity contribution in [1.82, 2.24) is 15.4 Å². The van der Waals surface area contributed by atoms with Crippen LogP contribution in [0.25, 0.3) is 0 Å². The van der Waals surface area contributed by atoms with E-state index in [9.17, 15) is 0 Å². The molecule has 106 valence electrons. The van der Waals surface area contributed by atoms with Gasteiger partial charge in [-0.15, -0.1) is 0 Å². The average Bonchev–Trinajstić information content (AvgIpc) is 2.40. The Kier molecular flexibility index (Phi) is 4.05. The maximum atomic E-state index is 6.07. The molecule has 2 aromatic rings. The van der Waals surface area contributed by atoms with Crippen molar-refractivity contribution in [3.05, 3.63) is 36.7 Å². The van der Waals surface area contributed by atoms with Gasteiger partial charge in [0.05, 0.1) is 0 Å². The molecule has 6 heteroatoms. The molecule has 0 spiro atoms. The fourth-order valence-corrected chi connectivity index (χ4v) is 1.50. The van der Waals surface area contributed by atoms with Crippen LogP contribution in [0.2, 0.25) is 0 Å². The Morgan fingerprint density at radius 3 is 2.30 bits per heavy atom. The summed E-state index contributed by atoms with van der Waals surface area (Å²) in [7, 11) is 0. The van der Waals surface area contributed by atoms with Crippen molar-refractivity contribution in [2.45, 2.75) is 26.3 Å². The molecule has 5 N–H and O–H groups in total. The summed E-state index contributed by atoms with van der Waals surface area (Å²) >= 11 is 0.